The third-order valence-corrected chi connectivity index (χ3v) is 4.18. The van der Waals surface area contributed by atoms with E-state index in [1.807, 2.05) is 0 Å². The zero-order valence-corrected chi connectivity index (χ0v) is 10.6. The molecule has 0 bridgehead atoms. The number of hydrogen-bond donors (Lipinski definition) is 1. The van der Waals surface area contributed by atoms with Crippen molar-refractivity contribution in [3.63, 3.8) is 0 Å². The number of benzene rings is 1. The fourth-order valence-electron chi connectivity index (χ4n) is 2.89. The van der Waals surface area contributed by atoms with Crippen LogP contribution in [-0.4, -0.2) is 16.0 Å². The number of aryl methyl sites for hydroxylation is 1. The number of hydrogen-bond acceptors (Lipinski definition) is 3. The number of fused-ring (bicyclic) bond motifs is 1. The topological polar surface area (TPSA) is 37.8 Å². The molecule has 1 aromatic heterocycles. The van der Waals surface area contributed by atoms with Crippen LogP contribution in [0.4, 0.5) is 5.82 Å². The fourth-order valence-corrected chi connectivity index (χ4v) is 2.89. The van der Waals surface area contributed by atoms with Gasteiger partial charge in [-0.15, -0.1) is 0 Å². The molecule has 0 saturated heterocycles. The van der Waals surface area contributed by atoms with E-state index in [1.165, 1.54) is 24.8 Å². The lowest BCUT2D eigenvalue weighted by Gasteiger charge is -2.08. The van der Waals surface area contributed by atoms with Crippen LogP contribution in [0.25, 0.3) is 10.9 Å². The number of nitrogens with zero attached hydrogens (tertiary/aromatic N) is 2. The van der Waals surface area contributed by atoms with Crippen LogP contribution in [0.5, 0.6) is 0 Å². The predicted octanol–water partition coefficient (Wildman–Crippen LogP) is 3.15. The Balaban J connectivity index is 1.65. The van der Waals surface area contributed by atoms with Crippen LogP contribution < -0.4 is 5.32 Å². The van der Waals surface area contributed by atoms with Crippen molar-refractivity contribution in [2.24, 2.45) is 11.8 Å². The first kappa shape index (κ1) is 10.3. The van der Waals surface area contributed by atoms with Gasteiger partial charge in [-0.1, -0.05) is 11.6 Å². The van der Waals surface area contributed by atoms with E-state index >= 15 is 0 Å². The molecule has 4 rings (SSSR count). The molecule has 0 aliphatic heterocycles. The molecule has 0 radical (unpaired) electrons. The molecule has 3 heteroatoms. The highest BCUT2D eigenvalue weighted by atomic mass is 15.1. The average molecular weight is 239 g/mol. The van der Waals surface area contributed by atoms with E-state index in [0.717, 1.165) is 28.6 Å². The second-order valence-corrected chi connectivity index (χ2v) is 5.73. The van der Waals surface area contributed by atoms with Gasteiger partial charge in [0.25, 0.3) is 0 Å². The van der Waals surface area contributed by atoms with Crippen molar-refractivity contribution in [1.82, 2.24) is 9.97 Å². The van der Waals surface area contributed by atoms with Gasteiger partial charge in [0.2, 0.25) is 0 Å². The van der Waals surface area contributed by atoms with Gasteiger partial charge in [-0.2, -0.15) is 0 Å². The molecule has 0 unspecified atom stereocenters. The van der Waals surface area contributed by atoms with Crippen molar-refractivity contribution in [3.8, 4) is 0 Å². The molecule has 2 aromatic rings. The molecule has 2 atom stereocenters. The van der Waals surface area contributed by atoms with Crippen molar-refractivity contribution >= 4 is 16.7 Å². The predicted molar refractivity (Wildman–Crippen MR) is 72.5 cm³/mol. The van der Waals surface area contributed by atoms with Crippen LogP contribution in [0.3, 0.4) is 0 Å². The molecular weight excluding hydrogens is 222 g/mol. The third-order valence-electron chi connectivity index (χ3n) is 4.18. The maximum atomic E-state index is 4.42. The van der Waals surface area contributed by atoms with Crippen molar-refractivity contribution in [2.75, 3.05) is 5.32 Å². The van der Waals surface area contributed by atoms with Crippen LogP contribution in [0, 0.1) is 18.8 Å². The van der Waals surface area contributed by atoms with E-state index in [-0.39, 0.29) is 0 Å². The Labute approximate surface area is 107 Å². The summed E-state index contributed by atoms with van der Waals surface area (Å²) in [6, 6.07) is 6.99. The first-order valence-corrected chi connectivity index (χ1v) is 6.79. The normalized spacial score (nSPS) is 26.3. The number of anilines is 1. The minimum atomic E-state index is 0.649. The molecular formula is C15H17N3. The van der Waals surface area contributed by atoms with Crippen molar-refractivity contribution in [1.29, 1.82) is 0 Å². The van der Waals surface area contributed by atoms with Crippen LogP contribution in [-0.2, 0) is 0 Å². The van der Waals surface area contributed by atoms with Crippen LogP contribution in [0.2, 0.25) is 0 Å². The molecule has 1 aromatic carbocycles. The number of aromatic nitrogens is 2. The summed E-state index contributed by atoms with van der Waals surface area (Å²) in [6.45, 7) is 2.11. The lowest BCUT2D eigenvalue weighted by atomic mass is 10.1. The highest BCUT2D eigenvalue weighted by molar-refractivity contribution is 5.89. The SMILES string of the molecule is Cc1ccc2ncnc(N[C@@H]3C[C@H]3C3CC3)c2c1. The molecule has 2 aliphatic carbocycles. The van der Waals surface area contributed by atoms with Gasteiger partial charge in [-0.3, -0.25) is 0 Å². The largest absolute Gasteiger partial charge is 0.366 e. The van der Waals surface area contributed by atoms with Gasteiger partial charge < -0.3 is 5.32 Å². The summed E-state index contributed by atoms with van der Waals surface area (Å²) < 4.78 is 0. The summed E-state index contributed by atoms with van der Waals surface area (Å²) in [5, 5.41) is 4.76. The highest BCUT2D eigenvalue weighted by Crippen LogP contribution is 2.51. The quantitative estimate of drug-likeness (QED) is 0.894. The van der Waals surface area contributed by atoms with Gasteiger partial charge in [0, 0.05) is 11.4 Å². The fraction of sp³-hybridized carbons (Fsp3) is 0.467. The van der Waals surface area contributed by atoms with E-state index < -0.39 is 0 Å². The molecule has 0 amide bonds. The average Bonchev–Trinajstić information content (AvgIpc) is 3.23. The molecule has 92 valence electrons. The van der Waals surface area contributed by atoms with E-state index in [0.29, 0.717) is 6.04 Å². The second kappa shape index (κ2) is 3.67. The first-order valence-electron chi connectivity index (χ1n) is 6.79. The van der Waals surface area contributed by atoms with Gasteiger partial charge in [0.1, 0.15) is 12.1 Å². The maximum absolute atomic E-state index is 4.42. The van der Waals surface area contributed by atoms with E-state index in [4.69, 9.17) is 0 Å². The highest BCUT2D eigenvalue weighted by Gasteiger charge is 2.47. The van der Waals surface area contributed by atoms with Gasteiger partial charge in [-0.05, 0) is 50.2 Å². The van der Waals surface area contributed by atoms with Gasteiger partial charge in [0.05, 0.1) is 5.52 Å². The summed E-state index contributed by atoms with van der Waals surface area (Å²) in [7, 11) is 0. The number of nitrogens with one attached hydrogen (secondary N) is 1. The Morgan fingerprint density at radius 1 is 1.22 bits per heavy atom. The van der Waals surface area contributed by atoms with E-state index in [1.54, 1.807) is 6.33 Å². The van der Waals surface area contributed by atoms with Crippen LogP contribution >= 0.6 is 0 Å². The standard InChI is InChI=1S/C15H17N3/c1-9-2-5-13-12(6-9)15(17-8-16-13)18-14-7-11(14)10-3-4-10/h2,5-6,8,10-11,14H,3-4,7H2,1H3,(H,16,17,18)/t11-,14+/m0/s1. The zero-order chi connectivity index (χ0) is 12.1. The molecule has 2 saturated carbocycles. The van der Waals surface area contributed by atoms with Crippen molar-refractivity contribution < 1.29 is 0 Å². The number of rotatable bonds is 3. The molecule has 2 aliphatic rings. The summed E-state index contributed by atoms with van der Waals surface area (Å²) in [5.41, 5.74) is 2.29. The minimum absolute atomic E-state index is 0.649. The smallest absolute Gasteiger partial charge is 0.137 e. The molecule has 1 N–H and O–H groups in total. The lowest BCUT2D eigenvalue weighted by Crippen LogP contribution is -2.07. The van der Waals surface area contributed by atoms with Gasteiger partial charge >= 0.3 is 0 Å². The Kier molecular flexibility index (Phi) is 2.10. The summed E-state index contributed by atoms with van der Waals surface area (Å²) in [5.74, 6) is 2.91. The first-order chi connectivity index (χ1) is 8.81. The summed E-state index contributed by atoms with van der Waals surface area (Å²) >= 11 is 0. The van der Waals surface area contributed by atoms with Crippen LogP contribution in [0.15, 0.2) is 24.5 Å². The molecule has 1 heterocycles. The third kappa shape index (κ3) is 1.74. The molecule has 0 spiro atoms. The summed E-state index contributed by atoms with van der Waals surface area (Å²) in [6.07, 6.45) is 5.86. The maximum Gasteiger partial charge on any atom is 0.137 e. The van der Waals surface area contributed by atoms with Crippen molar-refractivity contribution in [3.05, 3.63) is 30.1 Å². The van der Waals surface area contributed by atoms with E-state index in [9.17, 15) is 0 Å². The van der Waals surface area contributed by atoms with E-state index in [2.05, 4.69) is 40.4 Å². The second-order valence-electron chi connectivity index (χ2n) is 5.73. The Bertz CT molecular complexity index is 604. The van der Waals surface area contributed by atoms with Gasteiger partial charge in [-0.25, -0.2) is 9.97 Å². The zero-order valence-electron chi connectivity index (χ0n) is 10.6. The molecule has 3 nitrogen and oxygen atoms in total. The van der Waals surface area contributed by atoms with Crippen molar-refractivity contribution in [2.45, 2.75) is 32.2 Å². The Morgan fingerprint density at radius 3 is 2.94 bits per heavy atom. The lowest BCUT2D eigenvalue weighted by molar-refractivity contribution is 0.697. The monoisotopic (exact) mass is 239 g/mol. The molecule has 2 fully saturated rings. The Morgan fingerprint density at radius 2 is 2.11 bits per heavy atom. The van der Waals surface area contributed by atoms with Crippen LogP contribution in [0.1, 0.15) is 24.8 Å². The van der Waals surface area contributed by atoms with Gasteiger partial charge in [0.15, 0.2) is 0 Å². The minimum Gasteiger partial charge on any atom is -0.366 e. The summed E-state index contributed by atoms with van der Waals surface area (Å²) in [4.78, 5) is 8.75. The Hall–Kier alpha value is -1.64. The molecule has 18 heavy (non-hydrogen) atoms.